The van der Waals surface area contributed by atoms with Crippen molar-refractivity contribution < 1.29 is 13.9 Å². The summed E-state index contributed by atoms with van der Waals surface area (Å²) in [7, 11) is 1.32. The smallest absolute Gasteiger partial charge is 0.373 e. The van der Waals surface area contributed by atoms with Gasteiger partial charge in [0.15, 0.2) is 0 Å². The molecule has 18 heavy (non-hydrogen) atoms. The second kappa shape index (κ2) is 4.96. The minimum atomic E-state index is -0.477. The van der Waals surface area contributed by atoms with Crippen LogP contribution in [0.3, 0.4) is 0 Å². The van der Waals surface area contributed by atoms with Crippen molar-refractivity contribution in [3.05, 3.63) is 41.7 Å². The molecule has 0 radical (unpaired) electrons. The summed E-state index contributed by atoms with van der Waals surface area (Å²) in [6.07, 6.45) is 0.842. The summed E-state index contributed by atoms with van der Waals surface area (Å²) >= 11 is 0. The molecular weight excluding hydrogens is 230 g/mol. The van der Waals surface area contributed by atoms with Crippen molar-refractivity contribution in [1.82, 2.24) is 0 Å². The number of ether oxygens (including phenoxy) is 1. The van der Waals surface area contributed by atoms with E-state index < -0.39 is 5.97 Å². The first-order valence-corrected chi connectivity index (χ1v) is 5.72. The van der Waals surface area contributed by atoms with Gasteiger partial charge in [0.25, 0.3) is 0 Å². The average molecular weight is 245 g/mol. The van der Waals surface area contributed by atoms with Crippen LogP contribution >= 0.6 is 0 Å². The van der Waals surface area contributed by atoms with Crippen LogP contribution < -0.4 is 5.73 Å². The first-order valence-electron chi connectivity index (χ1n) is 5.72. The number of benzene rings is 1. The summed E-state index contributed by atoms with van der Waals surface area (Å²) in [6.45, 7) is 2.04. The number of carbonyl (C=O) groups excluding carboxylic acids is 1. The zero-order valence-electron chi connectivity index (χ0n) is 10.4. The Balaban J connectivity index is 2.42. The molecule has 0 aliphatic heterocycles. The highest BCUT2D eigenvalue weighted by Crippen LogP contribution is 2.28. The molecule has 0 bridgehead atoms. The molecule has 0 spiro atoms. The number of aryl methyl sites for hydroxylation is 1. The molecule has 0 amide bonds. The highest BCUT2D eigenvalue weighted by atomic mass is 16.5. The van der Waals surface area contributed by atoms with Crippen molar-refractivity contribution in [3.8, 4) is 11.3 Å². The molecule has 4 nitrogen and oxygen atoms in total. The number of rotatable bonds is 3. The molecule has 2 rings (SSSR count). The van der Waals surface area contributed by atoms with Crippen LogP contribution in [0.15, 0.2) is 34.7 Å². The number of hydrogen-bond donors (Lipinski definition) is 1. The highest BCUT2D eigenvalue weighted by molar-refractivity contribution is 5.87. The van der Waals surface area contributed by atoms with Crippen LogP contribution in [0.1, 0.15) is 23.0 Å². The normalized spacial score (nSPS) is 10.3. The van der Waals surface area contributed by atoms with Crippen molar-refractivity contribution in [3.63, 3.8) is 0 Å². The zero-order valence-corrected chi connectivity index (χ0v) is 10.4. The molecule has 1 aromatic carbocycles. The van der Waals surface area contributed by atoms with Gasteiger partial charge in [0.1, 0.15) is 5.76 Å². The van der Waals surface area contributed by atoms with Gasteiger partial charge in [-0.25, -0.2) is 4.79 Å². The van der Waals surface area contributed by atoms with E-state index in [0.717, 1.165) is 23.2 Å². The number of methoxy groups -OCH3 is 1. The Kier molecular flexibility index (Phi) is 3.37. The zero-order chi connectivity index (χ0) is 13.1. The Morgan fingerprint density at radius 1 is 1.33 bits per heavy atom. The number of nitrogen functional groups attached to an aromatic ring is 1. The van der Waals surface area contributed by atoms with Crippen molar-refractivity contribution in [2.24, 2.45) is 0 Å². The molecule has 1 aromatic heterocycles. The van der Waals surface area contributed by atoms with Crippen LogP contribution in [-0.2, 0) is 11.2 Å². The lowest BCUT2D eigenvalue weighted by Crippen LogP contribution is -1.98. The Morgan fingerprint density at radius 2 is 2.11 bits per heavy atom. The molecule has 1 heterocycles. The fourth-order valence-electron chi connectivity index (χ4n) is 1.84. The summed E-state index contributed by atoms with van der Waals surface area (Å²) in [5, 5.41) is 0. The Morgan fingerprint density at radius 3 is 2.78 bits per heavy atom. The molecule has 0 aliphatic rings. The Labute approximate surface area is 105 Å². The lowest BCUT2D eigenvalue weighted by molar-refractivity contribution is 0.0566. The fraction of sp³-hybridized carbons (Fsp3) is 0.214. The highest BCUT2D eigenvalue weighted by Gasteiger charge is 2.14. The number of nitrogens with two attached hydrogens (primary N) is 1. The molecule has 2 N–H and O–H groups in total. The van der Waals surface area contributed by atoms with E-state index in [1.807, 2.05) is 25.1 Å². The lowest BCUT2D eigenvalue weighted by atomic mass is 10.0. The van der Waals surface area contributed by atoms with Gasteiger partial charge in [-0.05, 0) is 42.3 Å². The summed E-state index contributed by atoms with van der Waals surface area (Å²) in [5.74, 6) is 0.369. The van der Waals surface area contributed by atoms with Gasteiger partial charge in [-0.3, -0.25) is 0 Å². The van der Waals surface area contributed by atoms with Crippen molar-refractivity contribution in [1.29, 1.82) is 0 Å². The number of anilines is 1. The maximum absolute atomic E-state index is 11.3. The van der Waals surface area contributed by atoms with Gasteiger partial charge >= 0.3 is 5.97 Å². The van der Waals surface area contributed by atoms with E-state index in [9.17, 15) is 4.79 Å². The van der Waals surface area contributed by atoms with E-state index >= 15 is 0 Å². The summed E-state index contributed by atoms with van der Waals surface area (Å²) in [4.78, 5) is 11.3. The minimum Gasteiger partial charge on any atom is -0.463 e. The third-order valence-corrected chi connectivity index (χ3v) is 2.77. The molecule has 2 aromatic rings. The number of esters is 1. The van der Waals surface area contributed by atoms with E-state index in [4.69, 9.17) is 10.2 Å². The third-order valence-electron chi connectivity index (χ3n) is 2.77. The molecule has 0 atom stereocenters. The second-order valence-corrected chi connectivity index (χ2v) is 3.93. The van der Waals surface area contributed by atoms with Gasteiger partial charge in [-0.1, -0.05) is 6.92 Å². The van der Waals surface area contributed by atoms with Crippen LogP contribution in [0.25, 0.3) is 11.3 Å². The topological polar surface area (TPSA) is 65.5 Å². The van der Waals surface area contributed by atoms with E-state index in [1.165, 1.54) is 7.11 Å². The molecule has 0 unspecified atom stereocenters. The first kappa shape index (κ1) is 12.2. The molecule has 94 valence electrons. The van der Waals surface area contributed by atoms with Crippen molar-refractivity contribution in [2.45, 2.75) is 13.3 Å². The Hall–Kier alpha value is -2.23. The van der Waals surface area contributed by atoms with Crippen LogP contribution in [0, 0.1) is 0 Å². The van der Waals surface area contributed by atoms with Gasteiger partial charge < -0.3 is 14.9 Å². The van der Waals surface area contributed by atoms with Crippen LogP contribution in [0.4, 0.5) is 5.69 Å². The van der Waals surface area contributed by atoms with Gasteiger partial charge in [0, 0.05) is 11.3 Å². The van der Waals surface area contributed by atoms with Crippen LogP contribution in [-0.4, -0.2) is 13.1 Å². The van der Waals surface area contributed by atoms with Crippen molar-refractivity contribution >= 4 is 11.7 Å². The lowest BCUT2D eigenvalue weighted by Gasteiger charge is -2.06. The Bertz CT molecular complexity index is 572. The predicted octanol–water partition coefficient (Wildman–Crippen LogP) is 2.88. The number of hydrogen-bond acceptors (Lipinski definition) is 4. The number of furan rings is 1. The standard InChI is InChI=1S/C14H15NO3/c1-3-9-8-10(15)4-5-11(9)12-6-7-13(18-12)14(16)17-2/h4-8H,3,15H2,1-2H3. The van der Waals surface area contributed by atoms with E-state index in [0.29, 0.717) is 5.76 Å². The predicted molar refractivity (Wildman–Crippen MR) is 69.3 cm³/mol. The molecule has 0 fully saturated rings. The third kappa shape index (κ3) is 2.22. The van der Waals surface area contributed by atoms with E-state index in [2.05, 4.69) is 4.74 Å². The molecular formula is C14H15NO3. The summed E-state index contributed by atoms with van der Waals surface area (Å²) < 4.78 is 10.1. The van der Waals surface area contributed by atoms with Crippen molar-refractivity contribution in [2.75, 3.05) is 12.8 Å². The second-order valence-electron chi connectivity index (χ2n) is 3.93. The summed E-state index contributed by atoms with van der Waals surface area (Å²) in [5.41, 5.74) is 8.50. The minimum absolute atomic E-state index is 0.200. The SMILES string of the molecule is CCc1cc(N)ccc1-c1ccc(C(=O)OC)o1. The molecule has 0 aliphatic carbocycles. The maximum atomic E-state index is 11.3. The largest absolute Gasteiger partial charge is 0.463 e. The maximum Gasteiger partial charge on any atom is 0.373 e. The van der Waals surface area contributed by atoms with E-state index in [-0.39, 0.29) is 5.76 Å². The van der Waals surface area contributed by atoms with Crippen LogP contribution in [0.5, 0.6) is 0 Å². The van der Waals surface area contributed by atoms with Crippen LogP contribution in [0.2, 0.25) is 0 Å². The molecule has 0 saturated carbocycles. The van der Waals surface area contributed by atoms with Gasteiger partial charge in [-0.15, -0.1) is 0 Å². The molecule has 4 heteroatoms. The van der Waals surface area contributed by atoms with E-state index in [1.54, 1.807) is 12.1 Å². The van der Waals surface area contributed by atoms with Gasteiger partial charge in [-0.2, -0.15) is 0 Å². The summed E-state index contributed by atoms with van der Waals surface area (Å²) in [6, 6.07) is 8.99. The average Bonchev–Trinajstić information content (AvgIpc) is 2.87. The first-order chi connectivity index (χ1) is 8.65. The quantitative estimate of drug-likeness (QED) is 0.667. The fourth-order valence-corrected chi connectivity index (χ4v) is 1.84. The molecule has 0 saturated heterocycles. The monoisotopic (exact) mass is 245 g/mol. The van der Waals surface area contributed by atoms with Gasteiger partial charge in [0.2, 0.25) is 5.76 Å². The van der Waals surface area contributed by atoms with Gasteiger partial charge in [0.05, 0.1) is 7.11 Å². The number of carbonyl (C=O) groups is 1.